The zero-order chi connectivity index (χ0) is 9.42. The second kappa shape index (κ2) is 3.29. The number of thiophene rings is 1. The van der Waals surface area contributed by atoms with E-state index in [1.807, 2.05) is 18.4 Å². The van der Waals surface area contributed by atoms with Gasteiger partial charge in [-0.2, -0.15) is 0 Å². The lowest BCUT2D eigenvalue weighted by molar-refractivity contribution is 0.494. The number of hydrogen-bond donors (Lipinski definition) is 1. The first-order valence-electron chi connectivity index (χ1n) is 4.53. The van der Waals surface area contributed by atoms with Crippen LogP contribution in [0.25, 0.3) is 0 Å². The third-order valence-electron chi connectivity index (χ3n) is 2.60. The van der Waals surface area contributed by atoms with Crippen LogP contribution in [0, 0.1) is 5.21 Å². The molecule has 72 valence electrons. The highest BCUT2D eigenvalue weighted by Gasteiger charge is 2.25. The topological polar surface area (TPSA) is 52.3 Å². The molecule has 0 spiro atoms. The summed E-state index contributed by atoms with van der Waals surface area (Å²) in [6.45, 7) is 2.03. The first-order valence-corrected chi connectivity index (χ1v) is 5.41. The van der Waals surface area contributed by atoms with Gasteiger partial charge >= 0.3 is 0 Å². The summed E-state index contributed by atoms with van der Waals surface area (Å²) in [5.41, 5.74) is 6.98. The molecule has 0 radical (unpaired) electrons. The van der Waals surface area contributed by atoms with Gasteiger partial charge in [-0.05, 0) is 24.3 Å². The van der Waals surface area contributed by atoms with Crippen molar-refractivity contribution < 1.29 is 0 Å². The fourth-order valence-electron chi connectivity index (χ4n) is 1.79. The van der Waals surface area contributed by atoms with Crippen LogP contribution in [0.15, 0.2) is 11.4 Å². The minimum absolute atomic E-state index is 0.0522. The van der Waals surface area contributed by atoms with E-state index in [4.69, 9.17) is 5.73 Å². The molecule has 0 aromatic carbocycles. The monoisotopic (exact) mass is 197 g/mol. The zero-order valence-corrected chi connectivity index (χ0v) is 8.38. The summed E-state index contributed by atoms with van der Waals surface area (Å²) in [5.74, 6) is 0. The van der Waals surface area contributed by atoms with E-state index in [-0.39, 0.29) is 12.1 Å². The summed E-state index contributed by atoms with van der Waals surface area (Å²) in [6.07, 6.45) is 1.65. The van der Waals surface area contributed by atoms with Gasteiger partial charge in [-0.3, -0.25) is 0 Å². The lowest BCUT2D eigenvalue weighted by Gasteiger charge is -2.43. The molecule has 4 heteroatoms. The molecule has 2 rings (SSSR count). The van der Waals surface area contributed by atoms with E-state index in [0.29, 0.717) is 0 Å². The third-order valence-corrected chi connectivity index (χ3v) is 3.51. The number of fused-ring (bicyclic) bond motifs is 1. The number of anilines is 1. The molecule has 2 N–H and O–H groups in total. The first-order chi connectivity index (χ1) is 6.24. The van der Waals surface area contributed by atoms with Crippen LogP contribution in [0.5, 0.6) is 0 Å². The van der Waals surface area contributed by atoms with Gasteiger partial charge in [-0.1, -0.05) is 6.92 Å². The molecule has 0 amide bonds. The van der Waals surface area contributed by atoms with Crippen LogP contribution >= 0.6 is 11.3 Å². The van der Waals surface area contributed by atoms with Crippen molar-refractivity contribution in [3.05, 3.63) is 22.2 Å². The Kier molecular flexibility index (Phi) is 2.27. The molecule has 2 atom stereocenters. The van der Waals surface area contributed by atoms with Crippen molar-refractivity contribution >= 4 is 16.3 Å². The van der Waals surface area contributed by atoms with E-state index < -0.39 is 0 Å². The molecule has 0 bridgehead atoms. The lowest BCUT2D eigenvalue weighted by atomic mass is 9.96. The normalized spacial score (nSPS) is 27.5. The standard InChI is InChI=1S/C9H13N2OS/c1-2-6-5-8(10)7-3-4-13-9(7)11(6)12/h3-4,6,8H,2,5,10H2,1H3/q-1. The predicted molar refractivity (Wildman–Crippen MR) is 55.8 cm³/mol. The molecular formula is C9H13N2OS-. The van der Waals surface area contributed by atoms with E-state index in [9.17, 15) is 5.21 Å². The third kappa shape index (κ3) is 1.35. The minimum atomic E-state index is 0.0522. The first kappa shape index (κ1) is 8.99. The average Bonchev–Trinajstić information content (AvgIpc) is 2.60. The Morgan fingerprint density at radius 2 is 2.54 bits per heavy atom. The van der Waals surface area contributed by atoms with Gasteiger partial charge in [0.2, 0.25) is 0 Å². The van der Waals surface area contributed by atoms with Crippen LogP contribution in [0.4, 0.5) is 5.00 Å². The quantitative estimate of drug-likeness (QED) is 0.751. The van der Waals surface area contributed by atoms with Crippen LogP contribution in [-0.2, 0) is 0 Å². The predicted octanol–water partition coefficient (Wildman–Crippen LogP) is 2.23. The second-order valence-electron chi connectivity index (χ2n) is 3.41. The Bertz CT molecular complexity index is 300. The molecule has 2 heterocycles. The fourth-order valence-corrected chi connectivity index (χ4v) is 2.74. The van der Waals surface area contributed by atoms with Crippen molar-refractivity contribution in [3.8, 4) is 0 Å². The molecule has 0 fully saturated rings. The smallest absolute Gasteiger partial charge is 0.0852 e. The Morgan fingerprint density at radius 3 is 3.23 bits per heavy atom. The van der Waals surface area contributed by atoms with Gasteiger partial charge in [0.25, 0.3) is 0 Å². The Morgan fingerprint density at radius 1 is 1.77 bits per heavy atom. The maximum Gasteiger partial charge on any atom is 0.0852 e. The van der Waals surface area contributed by atoms with Gasteiger partial charge in [-0.15, -0.1) is 11.3 Å². The highest BCUT2D eigenvalue weighted by atomic mass is 32.1. The molecule has 3 nitrogen and oxygen atoms in total. The van der Waals surface area contributed by atoms with Crippen LogP contribution in [-0.4, -0.2) is 6.04 Å². The van der Waals surface area contributed by atoms with Crippen molar-refractivity contribution in [2.24, 2.45) is 5.73 Å². The second-order valence-corrected chi connectivity index (χ2v) is 4.31. The molecular weight excluding hydrogens is 184 g/mol. The van der Waals surface area contributed by atoms with Gasteiger partial charge in [-0.25, -0.2) is 0 Å². The van der Waals surface area contributed by atoms with Gasteiger partial charge in [0.15, 0.2) is 0 Å². The Hall–Kier alpha value is -0.580. The SMILES string of the molecule is CCC1CC(N)c2ccsc2N1[O-]. The van der Waals surface area contributed by atoms with Crippen LogP contribution in [0.2, 0.25) is 0 Å². The van der Waals surface area contributed by atoms with Crippen molar-refractivity contribution in [2.75, 3.05) is 5.06 Å². The van der Waals surface area contributed by atoms with Crippen molar-refractivity contribution in [1.82, 2.24) is 0 Å². The van der Waals surface area contributed by atoms with Crippen LogP contribution in [0.3, 0.4) is 0 Å². The zero-order valence-electron chi connectivity index (χ0n) is 7.56. The molecule has 1 aliphatic heterocycles. The van der Waals surface area contributed by atoms with Gasteiger partial charge in [0.05, 0.1) is 5.00 Å². The molecule has 0 aliphatic carbocycles. The van der Waals surface area contributed by atoms with Gasteiger partial charge in [0, 0.05) is 17.6 Å². The van der Waals surface area contributed by atoms with Crippen molar-refractivity contribution in [2.45, 2.75) is 31.8 Å². The number of nitrogens with zero attached hydrogens (tertiary/aromatic N) is 1. The maximum atomic E-state index is 11.7. The van der Waals surface area contributed by atoms with Crippen LogP contribution < -0.4 is 10.8 Å². The number of hydroxylamine groups is 1. The van der Waals surface area contributed by atoms with Crippen LogP contribution in [0.1, 0.15) is 31.4 Å². The molecule has 1 aliphatic rings. The molecule has 2 unspecified atom stereocenters. The highest BCUT2D eigenvalue weighted by molar-refractivity contribution is 7.14. The summed E-state index contributed by atoms with van der Waals surface area (Å²) < 4.78 is 0. The summed E-state index contributed by atoms with van der Waals surface area (Å²) in [5, 5.41) is 15.6. The summed E-state index contributed by atoms with van der Waals surface area (Å²) >= 11 is 1.49. The van der Waals surface area contributed by atoms with E-state index in [2.05, 4.69) is 0 Å². The minimum Gasteiger partial charge on any atom is -0.758 e. The summed E-state index contributed by atoms with van der Waals surface area (Å²) in [7, 11) is 0. The molecule has 1 aromatic heterocycles. The molecule has 0 saturated carbocycles. The van der Waals surface area contributed by atoms with E-state index >= 15 is 0 Å². The van der Waals surface area contributed by atoms with E-state index in [1.165, 1.54) is 11.3 Å². The van der Waals surface area contributed by atoms with Crippen molar-refractivity contribution in [3.63, 3.8) is 0 Å². The Balaban J connectivity index is 2.35. The summed E-state index contributed by atoms with van der Waals surface area (Å²) in [6, 6.07) is 2.08. The number of hydrogen-bond acceptors (Lipinski definition) is 4. The van der Waals surface area contributed by atoms with Crippen molar-refractivity contribution in [1.29, 1.82) is 0 Å². The van der Waals surface area contributed by atoms with Gasteiger partial charge in [0.1, 0.15) is 0 Å². The molecule has 1 aromatic rings. The van der Waals surface area contributed by atoms with E-state index in [0.717, 1.165) is 28.5 Å². The Labute approximate surface area is 81.7 Å². The molecule has 13 heavy (non-hydrogen) atoms. The largest absolute Gasteiger partial charge is 0.758 e. The number of rotatable bonds is 1. The number of nitrogens with two attached hydrogens (primary N) is 1. The lowest BCUT2D eigenvalue weighted by Crippen LogP contribution is -2.37. The summed E-state index contributed by atoms with van der Waals surface area (Å²) in [4.78, 5) is 0. The highest BCUT2D eigenvalue weighted by Crippen LogP contribution is 2.39. The molecule has 0 saturated heterocycles. The average molecular weight is 197 g/mol. The fraction of sp³-hybridized carbons (Fsp3) is 0.556. The maximum absolute atomic E-state index is 11.7. The van der Waals surface area contributed by atoms with E-state index in [1.54, 1.807) is 0 Å². The van der Waals surface area contributed by atoms with Gasteiger partial charge < -0.3 is 16.0 Å².